The highest BCUT2D eigenvalue weighted by molar-refractivity contribution is 7.86. The van der Waals surface area contributed by atoms with Crippen molar-refractivity contribution < 1.29 is 30.5 Å². The van der Waals surface area contributed by atoms with Gasteiger partial charge in [-0.3, -0.25) is 0 Å². The highest BCUT2D eigenvalue weighted by Gasteiger charge is 2.18. The molecule has 0 atom stereocenters. The fourth-order valence-corrected chi connectivity index (χ4v) is 6.94. The maximum absolute atomic E-state index is 11.5. The Bertz CT molecular complexity index is 2150. The summed E-state index contributed by atoms with van der Waals surface area (Å²) >= 11 is 6.73. The van der Waals surface area contributed by atoms with Crippen LogP contribution in [-0.2, 0) is 33.3 Å². The second-order valence-electron chi connectivity index (χ2n) is 11.2. The van der Waals surface area contributed by atoms with Gasteiger partial charge in [0.2, 0.25) is 0 Å². The normalized spacial score (nSPS) is 13.1. The van der Waals surface area contributed by atoms with Crippen LogP contribution in [0.4, 0.5) is 5.69 Å². The van der Waals surface area contributed by atoms with Crippen molar-refractivity contribution >= 4 is 48.8 Å². The van der Waals surface area contributed by atoms with E-state index >= 15 is 0 Å². The number of allylic oxidation sites excluding steroid dienone is 5. The van der Waals surface area contributed by atoms with Gasteiger partial charge >= 0.3 is 0 Å². The van der Waals surface area contributed by atoms with E-state index in [0.717, 1.165) is 33.7 Å². The largest absolute Gasteiger partial charge is 0.744 e. The van der Waals surface area contributed by atoms with Crippen molar-refractivity contribution in [2.45, 2.75) is 36.7 Å². The first kappa shape index (κ1) is 35.0. The Labute approximate surface area is 287 Å². The molecule has 48 heavy (non-hydrogen) atoms. The Kier molecular flexibility index (Phi) is 10.8. The average molecular weight is 702 g/mol. The number of benzene rings is 4. The zero-order valence-electron chi connectivity index (χ0n) is 26.4. The summed E-state index contributed by atoms with van der Waals surface area (Å²) in [5.74, 6) is 0. The van der Waals surface area contributed by atoms with Gasteiger partial charge in [0.25, 0.3) is 0 Å². The molecule has 0 radical (unpaired) electrons. The van der Waals surface area contributed by atoms with E-state index < -0.39 is 20.2 Å². The van der Waals surface area contributed by atoms with Crippen molar-refractivity contribution in [1.29, 1.82) is 0 Å². The number of hydrogen-bond acceptors (Lipinski definition) is 7. The highest BCUT2D eigenvalue weighted by Crippen LogP contribution is 2.35. The lowest BCUT2D eigenvalue weighted by Crippen LogP contribution is -2.22. The molecule has 0 saturated carbocycles. The van der Waals surface area contributed by atoms with E-state index in [1.54, 1.807) is 24.3 Å². The zero-order valence-corrected chi connectivity index (χ0v) is 28.8. The molecule has 248 valence electrons. The van der Waals surface area contributed by atoms with Crippen molar-refractivity contribution in [3.63, 3.8) is 0 Å². The third-order valence-electron chi connectivity index (χ3n) is 8.07. The SMILES string of the molecule is CCN(Cc1cccc(S(=O)(=O)[O-])c1)c1ccc(C(=C2C=CC(=[N+](CC)Cc3cccc(S(=O)(=O)[O-])c3)C=C2)c2ccccc2Cl)cc1. The van der Waals surface area contributed by atoms with Crippen LogP contribution in [0, 0.1) is 0 Å². The summed E-state index contributed by atoms with van der Waals surface area (Å²) in [4.78, 5) is 1.59. The van der Waals surface area contributed by atoms with Crippen LogP contribution in [0.15, 0.2) is 137 Å². The van der Waals surface area contributed by atoms with Crippen LogP contribution in [0.3, 0.4) is 0 Å². The number of nitrogens with zero attached hydrogens (tertiary/aromatic N) is 2. The molecule has 4 aromatic rings. The minimum atomic E-state index is -4.55. The summed E-state index contributed by atoms with van der Waals surface area (Å²) in [7, 11) is -9.10. The van der Waals surface area contributed by atoms with Gasteiger partial charge in [-0.05, 0) is 90.7 Å². The van der Waals surface area contributed by atoms with E-state index in [4.69, 9.17) is 11.6 Å². The Hall–Kier alpha value is -4.32. The lowest BCUT2D eigenvalue weighted by Gasteiger charge is -2.24. The zero-order chi connectivity index (χ0) is 34.5. The van der Waals surface area contributed by atoms with Crippen LogP contribution >= 0.6 is 11.6 Å². The second-order valence-corrected chi connectivity index (χ2v) is 14.3. The summed E-state index contributed by atoms with van der Waals surface area (Å²) < 4.78 is 71.3. The standard InChI is InChI=1S/C37H35ClN2O6S2/c1-3-39(25-27-9-7-11-33(23-27)47(41,42)43)31-19-15-29(16-20-31)37(35-13-5-6-14-36(35)38)30-17-21-32(22-18-30)40(4-2)26-28-10-8-12-34(24-28)48(44,45)46/h5-24H,3-4,25-26H2,1-2H3,(H-,41,42,43,44,45,46)/p-1. The molecule has 0 aliphatic heterocycles. The fourth-order valence-electron chi connectivity index (χ4n) is 5.63. The first-order chi connectivity index (χ1) is 22.9. The Balaban J connectivity index is 1.47. The number of hydrogen-bond donors (Lipinski definition) is 0. The van der Waals surface area contributed by atoms with Gasteiger partial charge in [-0.2, -0.15) is 0 Å². The molecule has 0 bridgehead atoms. The molecule has 4 aromatic carbocycles. The quantitative estimate of drug-likeness (QED) is 0.125. The maximum Gasteiger partial charge on any atom is 0.200 e. The van der Waals surface area contributed by atoms with E-state index in [9.17, 15) is 25.9 Å². The topological polar surface area (TPSA) is 121 Å². The van der Waals surface area contributed by atoms with Crippen molar-refractivity contribution in [2.24, 2.45) is 0 Å². The second kappa shape index (κ2) is 14.8. The first-order valence-corrected chi connectivity index (χ1v) is 18.5. The lowest BCUT2D eigenvalue weighted by atomic mass is 9.90. The number of halogens is 1. The van der Waals surface area contributed by atoms with Crippen molar-refractivity contribution in [3.05, 3.63) is 154 Å². The van der Waals surface area contributed by atoms with Gasteiger partial charge in [-0.1, -0.05) is 66.2 Å². The molecule has 0 N–H and O–H groups in total. The average Bonchev–Trinajstić information content (AvgIpc) is 3.07. The number of anilines is 1. The molecule has 5 rings (SSSR count). The van der Waals surface area contributed by atoms with Crippen molar-refractivity contribution in [2.75, 3.05) is 18.0 Å². The predicted molar refractivity (Wildman–Crippen MR) is 187 cm³/mol. The van der Waals surface area contributed by atoms with Crippen molar-refractivity contribution in [1.82, 2.24) is 0 Å². The van der Waals surface area contributed by atoms with Crippen LogP contribution in [-0.4, -0.2) is 49.3 Å². The summed E-state index contributed by atoms with van der Waals surface area (Å²) in [5, 5.41) is 0.604. The van der Waals surface area contributed by atoms with Crippen LogP contribution in [0.25, 0.3) is 5.57 Å². The monoisotopic (exact) mass is 701 g/mol. The van der Waals surface area contributed by atoms with Gasteiger partial charge in [0.1, 0.15) is 26.8 Å². The van der Waals surface area contributed by atoms with E-state index in [1.165, 1.54) is 24.3 Å². The third kappa shape index (κ3) is 8.39. The fraction of sp³-hybridized carbons (Fsp3) is 0.162. The molecule has 0 aromatic heterocycles. The first-order valence-electron chi connectivity index (χ1n) is 15.3. The molecule has 0 heterocycles. The summed E-state index contributed by atoms with van der Waals surface area (Å²) in [5.41, 5.74) is 6.97. The van der Waals surface area contributed by atoms with E-state index in [0.29, 0.717) is 42.3 Å². The van der Waals surface area contributed by atoms with Gasteiger partial charge < -0.3 is 14.0 Å². The van der Waals surface area contributed by atoms with Gasteiger partial charge in [0, 0.05) is 47.1 Å². The molecule has 0 saturated heterocycles. The molecule has 0 unspecified atom stereocenters. The minimum Gasteiger partial charge on any atom is -0.744 e. The van der Waals surface area contributed by atoms with Crippen LogP contribution in [0.5, 0.6) is 0 Å². The summed E-state index contributed by atoms with van der Waals surface area (Å²) in [6.45, 7) is 6.17. The molecule has 1 aliphatic rings. The highest BCUT2D eigenvalue weighted by atomic mass is 35.5. The number of rotatable bonds is 11. The molecule has 0 fully saturated rings. The van der Waals surface area contributed by atoms with Gasteiger partial charge in [0.05, 0.1) is 9.79 Å². The molecular weight excluding hydrogens is 668 g/mol. The summed E-state index contributed by atoms with van der Waals surface area (Å²) in [6.07, 6.45) is 8.07. The van der Waals surface area contributed by atoms with Crippen LogP contribution < -0.4 is 4.90 Å². The molecule has 1 aliphatic carbocycles. The van der Waals surface area contributed by atoms with E-state index in [1.807, 2.05) is 86.7 Å². The third-order valence-corrected chi connectivity index (χ3v) is 10.1. The molecule has 8 nitrogen and oxygen atoms in total. The Morgan fingerprint density at radius 2 is 1.31 bits per heavy atom. The molecule has 11 heteroatoms. The molecule has 0 spiro atoms. The molecule has 0 amide bonds. The van der Waals surface area contributed by atoms with Crippen LogP contribution in [0.2, 0.25) is 5.02 Å². The van der Waals surface area contributed by atoms with E-state index in [2.05, 4.69) is 9.48 Å². The Morgan fingerprint density at radius 1 is 0.729 bits per heavy atom. The minimum absolute atomic E-state index is 0.248. The maximum atomic E-state index is 11.5. The lowest BCUT2D eigenvalue weighted by molar-refractivity contribution is -0.539. The van der Waals surface area contributed by atoms with Gasteiger partial charge in [-0.15, -0.1) is 0 Å². The van der Waals surface area contributed by atoms with Gasteiger partial charge in [-0.25, -0.2) is 21.4 Å². The summed E-state index contributed by atoms with van der Waals surface area (Å²) in [6, 6.07) is 27.9. The van der Waals surface area contributed by atoms with Gasteiger partial charge in [0.15, 0.2) is 12.3 Å². The van der Waals surface area contributed by atoms with Crippen LogP contribution in [0.1, 0.15) is 36.1 Å². The molecular formula is C37H34ClN2O6S2-. The smallest absolute Gasteiger partial charge is 0.200 e. The Morgan fingerprint density at radius 3 is 1.88 bits per heavy atom. The predicted octanol–water partition coefficient (Wildman–Crippen LogP) is 6.78. The van der Waals surface area contributed by atoms with E-state index in [-0.39, 0.29) is 9.79 Å². The van der Waals surface area contributed by atoms with Crippen molar-refractivity contribution in [3.8, 4) is 0 Å².